The van der Waals surface area contributed by atoms with E-state index in [2.05, 4.69) is 20.7 Å². The summed E-state index contributed by atoms with van der Waals surface area (Å²) in [7, 11) is 0. The van der Waals surface area contributed by atoms with Crippen LogP contribution in [0.2, 0.25) is 0 Å². The van der Waals surface area contributed by atoms with Crippen LogP contribution >= 0.6 is 0 Å². The Balaban J connectivity index is 1.63. The van der Waals surface area contributed by atoms with Gasteiger partial charge in [-0.15, -0.1) is 5.10 Å². The first kappa shape index (κ1) is 20.3. The molecule has 0 fully saturated rings. The van der Waals surface area contributed by atoms with Crippen molar-refractivity contribution in [1.82, 2.24) is 19.2 Å². The fourth-order valence-electron chi connectivity index (χ4n) is 3.28. The molecule has 4 aromatic rings. The minimum absolute atomic E-state index is 0.231. The molecule has 0 saturated carbocycles. The van der Waals surface area contributed by atoms with Crippen LogP contribution in [0.15, 0.2) is 59.4 Å². The summed E-state index contributed by atoms with van der Waals surface area (Å²) >= 11 is 0. The molecule has 2 aromatic carbocycles. The Morgan fingerprint density at radius 1 is 1.13 bits per heavy atom. The van der Waals surface area contributed by atoms with E-state index in [1.54, 1.807) is 25.1 Å². The molecule has 4 rings (SSSR count). The molecule has 0 saturated heterocycles. The number of hydrogen-bond acceptors (Lipinski definition) is 5. The number of nitrogens with zero attached hydrogens (tertiary/aromatic N) is 4. The lowest BCUT2D eigenvalue weighted by Gasteiger charge is -2.09. The third-order valence-corrected chi connectivity index (χ3v) is 4.76. The number of aromatic nitrogens is 4. The van der Waals surface area contributed by atoms with E-state index in [9.17, 15) is 14.0 Å². The number of carbonyl (C=O) groups excluding carboxylic acids is 1. The van der Waals surface area contributed by atoms with Gasteiger partial charge in [0.1, 0.15) is 12.4 Å². The van der Waals surface area contributed by atoms with E-state index in [0.717, 1.165) is 16.7 Å². The summed E-state index contributed by atoms with van der Waals surface area (Å²) < 4.78 is 15.6. The van der Waals surface area contributed by atoms with Crippen LogP contribution in [0.25, 0.3) is 5.65 Å². The van der Waals surface area contributed by atoms with Gasteiger partial charge in [-0.05, 0) is 49.2 Å². The first-order chi connectivity index (χ1) is 14.9. The van der Waals surface area contributed by atoms with Crippen LogP contribution in [0.3, 0.4) is 0 Å². The maximum atomic E-state index is 13.2. The van der Waals surface area contributed by atoms with E-state index in [0.29, 0.717) is 22.7 Å². The molecule has 2 aromatic heterocycles. The summed E-state index contributed by atoms with van der Waals surface area (Å²) in [5.74, 6) is -0.493. The molecule has 0 aliphatic heterocycles. The monoisotopic (exact) mass is 420 g/mol. The van der Waals surface area contributed by atoms with Crippen LogP contribution in [-0.4, -0.2) is 25.1 Å². The fraction of sp³-hybridized carbons (Fsp3) is 0.182. The molecule has 158 valence electrons. The highest BCUT2D eigenvalue weighted by molar-refractivity contribution is 5.91. The molecule has 0 unspecified atom stereocenters. The van der Waals surface area contributed by atoms with Crippen LogP contribution in [-0.2, 0) is 17.8 Å². The smallest absolute Gasteiger partial charge is 0.325 e. The van der Waals surface area contributed by atoms with Gasteiger partial charge in [-0.1, -0.05) is 25.1 Å². The zero-order valence-electron chi connectivity index (χ0n) is 17.1. The van der Waals surface area contributed by atoms with Gasteiger partial charge in [0, 0.05) is 23.1 Å². The van der Waals surface area contributed by atoms with Gasteiger partial charge in [-0.2, -0.15) is 0 Å². The maximum absolute atomic E-state index is 13.2. The van der Waals surface area contributed by atoms with Crippen molar-refractivity contribution in [3.8, 4) is 0 Å². The number of para-hydroxylation sites is 1. The quantitative estimate of drug-likeness (QED) is 0.499. The van der Waals surface area contributed by atoms with Crippen molar-refractivity contribution in [2.45, 2.75) is 26.8 Å². The highest BCUT2D eigenvalue weighted by Crippen LogP contribution is 2.17. The Kier molecular flexibility index (Phi) is 5.48. The number of aryl methyl sites for hydroxylation is 2. The van der Waals surface area contributed by atoms with E-state index in [4.69, 9.17) is 0 Å². The Hall–Kier alpha value is -4.01. The van der Waals surface area contributed by atoms with E-state index >= 15 is 0 Å². The van der Waals surface area contributed by atoms with Crippen molar-refractivity contribution in [2.24, 2.45) is 0 Å². The molecule has 0 atom stereocenters. The standard InChI is InChI=1S/C22H21FN6O2/c1-3-15-6-4-5-7-18(15)26-20(30)13-28-22(31)29-19(27-28)12-14(2)24-21(29)25-17-10-8-16(23)9-11-17/h4-12H,3,13H2,1-2H3,(H,24,25)(H,26,30). The van der Waals surface area contributed by atoms with Gasteiger partial charge in [-0.3, -0.25) is 4.79 Å². The number of rotatable bonds is 6. The van der Waals surface area contributed by atoms with Crippen molar-refractivity contribution in [3.63, 3.8) is 0 Å². The average molecular weight is 420 g/mol. The van der Waals surface area contributed by atoms with Crippen molar-refractivity contribution in [2.75, 3.05) is 10.6 Å². The van der Waals surface area contributed by atoms with Crippen LogP contribution in [0, 0.1) is 12.7 Å². The summed E-state index contributed by atoms with van der Waals surface area (Å²) in [6.45, 7) is 3.53. The Labute approximate surface area is 177 Å². The highest BCUT2D eigenvalue weighted by atomic mass is 19.1. The first-order valence-electron chi connectivity index (χ1n) is 9.82. The molecule has 2 heterocycles. The van der Waals surface area contributed by atoms with Gasteiger partial charge in [0.05, 0.1) is 0 Å². The van der Waals surface area contributed by atoms with Crippen molar-refractivity contribution in [1.29, 1.82) is 0 Å². The van der Waals surface area contributed by atoms with Gasteiger partial charge in [-0.25, -0.2) is 23.3 Å². The zero-order valence-corrected chi connectivity index (χ0v) is 17.1. The molecule has 1 amide bonds. The lowest BCUT2D eigenvalue weighted by Crippen LogP contribution is -2.29. The van der Waals surface area contributed by atoms with Gasteiger partial charge in [0.15, 0.2) is 5.65 Å². The summed E-state index contributed by atoms with van der Waals surface area (Å²) in [4.78, 5) is 29.9. The summed E-state index contributed by atoms with van der Waals surface area (Å²) in [6.07, 6.45) is 0.772. The van der Waals surface area contributed by atoms with Crippen LogP contribution in [0.4, 0.5) is 21.7 Å². The topological polar surface area (TPSA) is 93.3 Å². The van der Waals surface area contributed by atoms with Crippen LogP contribution in [0.1, 0.15) is 18.2 Å². The summed E-state index contributed by atoms with van der Waals surface area (Å²) in [6, 6.07) is 14.9. The SMILES string of the molecule is CCc1ccccc1NC(=O)Cn1nc2cc(C)nc(Nc3ccc(F)cc3)n2c1=O. The number of amides is 1. The predicted molar refractivity (Wildman–Crippen MR) is 116 cm³/mol. The minimum atomic E-state index is -0.508. The lowest BCUT2D eigenvalue weighted by molar-refractivity contribution is -0.117. The Morgan fingerprint density at radius 2 is 1.87 bits per heavy atom. The second-order valence-corrected chi connectivity index (χ2v) is 7.05. The van der Waals surface area contributed by atoms with Gasteiger partial charge >= 0.3 is 5.69 Å². The van der Waals surface area contributed by atoms with Crippen molar-refractivity contribution >= 4 is 28.9 Å². The molecule has 0 bridgehead atoms. The van der Waals surface area contributed by atoms with Crippen molar-refractivity contribution in [3.05, 3.63) is 82.2 Å². The second kappa shape index (κ2) is 8.39. The molecule has 31 heavy (non-hydrogen) atoms. The first-order valence-corrected chi connectivity index (χ1v) is 9.82. The molecular formula is C22H21FN6O2. The highest BCUT2D eigenvalue weighted by Gasteiger charge is 2.16. The number of carbonyl (C=O) groups is 1. The largest absolute Gasteiger partial charge is 0.353 e. The second-order valence-electron chi connectivity index (χ2n) is 7.05. The van der Waals surface area contributed by atoms with Crippen molar-refractivity contribution < 1.29 is 9.18 Å². The number of fused-ring (bicyclic) bond motifs is 1. The molecule has 0 aliphatic rings. The van der Waals surface area contributed by atoms with Gasteiger partial charge in [0.25, 0.3) is 0 Å². The molecule has 9 heteroatoms. The molecule has 2 N–H and O–H groups in total. The maximum Gasteiger partial charge on any atom is 0.353 e. The normalized spacial score (nSPS) is 10.9. The minimum Gasteiger partial charge on any atom is -0.325 e. The van der Waals surface area contributed by atoms with Crippen LogP contribution < -0.4 is 16.3 Å². The number of anilines is 3. The van der Waals surface area contributed by atoms with E-state index in [1.165, 1.54) is 16.5 Å². The fourth-order valence-corrected chi connectivity index (χ4v) is 3.28. The lowest BCUT2D eigenvalue weighted by atomic mass is 10.1. The van der Waals surface area contributed by atoms with E-state index < -0.39 is 5.69 Å². The molecule has 0 radical (unpaired) electrons. The summed E-state index contributed by atoms with van der Waals surface area (Å²) in [5.41, 5.74) is 2.76. The molecular weight excluding hydrogens is 399 g/mol. The third-order valence-electron chi connectivity index (χ3n) is 4.76. The Morgan fingerprint density at radius 3 is 2.61 bits per heavy atom. The van der Waals surface area contributed by atoms with Crippen LogP contribution in [0.5, 0.6) is 0 Å². The number of halogens is 1. The molecule has 0 aliphatic carbocycles. The molecule has 0 spiro atoms. The number of hydrogen-bond donors (Lipinski definition) is 2. The number of nitrogens with one attached hydrogen (secondary N) is 2. The van der Waals surface area contributed by atoms with Gasteiger partial charge < -0.3 is 10.6 Å². The van der Waals surface area contributed by atoms with E-state index in [1.807, 2.05) is 31.2 Å². The van der Waals surface area contributed by atoms with E-state index in [-0.39, 0.29) is 24.2 Å². The predicted octanol–water partition coefficient (Wildman–Crippen LogP) is 3.28. The zero-order chi connectivity index (χ0) is 22.0. The summed E-state index contributed by atoms with van der Waals surface area (Å²) in [5, 5.41) is 10.1. The third kappa shape index (κ3) is 4.30. The Bertz CT molecular complexity index is 1310. The van der Waals surface area contributed by atoms with Gasteiger partial charge in [0.2, 0.25) is 11.9 Å². The molecule has 8 nitrogen and oxygen atoms in total. The average Bonchev–Trinajstić information content (AvgIpc) is 3.05. The number of benzene rings is 2.